The Labute approximate surface area is 99.2 Å². The van der Waals surface area contributed by atoms with E-state index in [1.54, 1.807) is 0 Å². The minimum atomic E-state index is -1.12. The molecule has 0 aliphatic rings. The lowest BCUT2D eigenvalue weighted by atomic mass is 9.88. The molecule has 0 fully saturated rings. The Bertz CT molecular complexity index is 333. The van der Waals surface area contributed by atoms with Crippen molar-refractivity contribution in [3.63, 3.8) is 0 Å². The number of ketones is 1. The first-order valence-corrected chi connectivity index (χ1v) is 4.90. The molecule has 1 N–H and O–H groups in total. The van der Waals surface area contributed by atoms with Crippen LogP contribution in [0.2, 0.25) is 0 Å². The van der Waals surface area contributed by atoms with Gasteiger partial charge >= 0.3 is 11.9 Å². The topological polar surface area (TPSA) is 89.9 Å². The van der Waals surface area contributed by atoms with Crippen molar-refractivity contribution in [2.45, 2.75) is 13.8 Å². The summed E-state index contributed by atoms with van der Waals surface area (Å²) in [5.74, 6) is -1.75. The van der Waals surface area contributed by atoms with Crippen molar-refractivity contribution in [2.24, 2.45) is 5.41 Å². The van der Waals surface area contributed by atoms with Crippen LogP contribution < -0.4 is 0 Å². The Morgan fingerprint density at radius 3 is 2.18 bits per heavy atom. The molecule has 0 aromatic rings. The molecule has 96 valence electrons. The minimum Gasteiger partial charge on any atom is -0.466 e. The van der Waals surface area contributed by atoms with Crippen molar-refractivity contribution >= 4 is 17.7 Å². The lowest BCUT2D eigenvalue weighted by molar-refractivity contribution is -0.146. The predicted molar refractivity (Wildman–Crippen MR) is 58.0 cm³/mol. The number of methoxy groups -OCH3 is 1. The van der Waals surface area contributed by atoms with Gasteiger partial charge in [-0.3, -0.25) is 4.79 Å². The van der Waals surface area contributed by atoms with Crippen LogP contribution in [0.4, 0.5) is 0 Å². The zero-order valence-corrected chi connectivity index (χ0v) is 10.1. The van der Waals surface area contributed by atoms with Crippen LogP contribution in [0.25, 0.3) is 0 Å². The minimum absolute atomic E-state index is 0.247. The van der Waals surface area contributed by atoms with Gasteiger partial charge in [0.25, 0.3) is 0 Å². The fourth-order valence-corrected chi connectivity index (χ4v) is 0.741. The summed E-state index contributed by atoms with van der Waals surface area (Å²) in [5.41, 5.74) is -1.12. The van der Waals surface area contributed by atoms with Crippen LogP contribution in [-0.2, 0) is 23.9 Å². The molecule has 0 spiro atoms. The lowest BCUT2D eigenvalue weighted by Crippen LogP contribution is -2.35. The monoisotopic (exact) mass is 244 g/mol. The zero-order chi connectivity index (χ0) is 13.5. The molecule has 0 rings (SSSR count). The number of carbonyl (C=O) groups excluding carboxylic acids is 3. The van der Waals surface area contributed by atoms with E-state index in [1.807, 2.05) is 0 Å². The van der Waals surface area contributed by atoms with Crippen molar-refractivity contribution in [1.29, 1.82) is 0 Å². The van der Waals surface area contributed by atoms with Crippen molar-refractivity contribution < 1.29 is 29.0 Å². The number of esters is 2. The van der Waals surface area contributed by atoms with Crippen LogP contribution in [0.5, 0.6) is 0 Å². The highest BCUT2D eigenvalue weighted by Gasteiger charge is 2.30. The molecule has 0 heterocycles. The van der Waals surface area contributed by atoms with Gasteiger partial charge in [0.05, 0.1) is 19.1 Å². The normalized spacial score (nSPS) is 14.1. The van der Waals surface area contributed by atoms with Crippen molar-refractivity contribution in [3.8, 4) is 0 Å². The highest BCUT2D eigenvalue weighted by Crippen LogP contribution is 2.17. The van der Waals surface area contributed by atoms with Crippen LogP contribution in [-0.4, -0.2) is 43.2 Å². The SMILES string of the molecule is COC(=O)/C=C/C(=O)OCC(C)(CO)C(C)=O. The largest absolute Gasteiger partial charge is 0.466 e. The molecule has 6 nitrogen and oxygen atoms in total. The van der Waals surface area contributed by atoms with E-state index in [4.69, 9.17) is 9.84 Å². The van der Waals surface area contributed by atoms with E-state index >= 15 is 0 Å². The summed E-state index contributed by atoms with van der Waals surface area (Å²) in [7, 11) is 1.18. The predicted octanol–water partition coefficient (Wildman–Crippen LogP) is -0.154. The molecule has 0 aromatic carbocycles. The van der Waals surface area contributed by atoms with Crippen LogP contribution >= 0.6 is 0 Å². The molecule has 0 bridgehead atoms. The highest BCUT2D eigenvalue weighted by molar-refractivity contribution is 5.91. The molecule has 0 amide bonds. The number of carbonyl (C=O) groups is 3. The van der Waals surface area contributed by atoms with Crippen molar-refractivity contribution in [3.05, 3.63) is 12.2 Å². The van der Waals surface area contributed by atoms with E-state index in [9.17, 15) is 14.4 Å². The quantitative estimate of drug-likeness (QED) is 0.516. The molecule has 0 saturated heterocycles. The van der Waals surface area contributed by atoms with Crippen LogP contribution in [0.1, 0.15) is 13.8 Å². The van der Waals surface area contributed by atoms with Gasteiger partial charge in [0, 0.05) is 12.2 Å². The number of aliphatic hydroxyl groups excluding tert-OH is 1. The van der Waals surface area contributed by atoms with E-state index < -0.39 is 24.0 Å². The third kappa shape index (κ3) is 5.26. The van der Waals surface area contributed by atoms with E-state index in [2.05, 4.69) is 4.74 Å². The van der Waals surface area contributed by atoms with Gasteiger partial charge in [-0.25, -0.2) is 9.59 Å². The Hall–Kier alpha value is -1.69. The first kappa shape index (κ1) is 15.3. The molecule has 1 unspecified atom stereocenters. The van der Waals surface area contributed by atoms with E-state index in [0.717, 1.165) is 12.2 Å². The Morgan fingerprint density at radius 1 is 1.24 bits per heavy atom. The number of aliphatic hydroxyl groups is 1. The van der Waals surface area contributed by atoms with E-state index in [0.29, 0.717) is 0 Å². The van der Waals surface area contributed by atoms with E-state index in [-0.39, 0.29) is 12.4 Å². The average molecular weight is 244 g/mol. The molecule has 0 aliphatic carbocycles. The molecule has 0 radical (unpaired) electrons. The van der Waals surface area contributed by atoms with Crippen LogP contribution in [0.15, 0.2) is 12.2 Å². The maximum absolute atomic E-state index is 11.2. The molecule has 17 heavy (non-hydrogen) atoms. The van der Waals surface area contributed by atoms with Crippen molar-refractivity contribution in [2.75, 3.05) is 20.3 Å². The standard InChI is InChI=1S/C11H16O6/c1-8(13)11(2,6-12)7-17-10(15)5-4-9(14)16-3/h4-5,12H,6-7H2,1-3H3/b5-4+. The van der Waals surface area contributed by atoms with Gasteiger partial charge < -0.3 is 14.6 Å². The van der Waals surface area contributed by atoms with Gasteiger partial charge in [-0.2, -0.15) is 0 Å². The fraction of sp³-hybridized carbons (Fsp3) is 0.545. The lowest BCUT2D eigenvalue weighted by Gasteiger charge is -2.22. The van der Waals surface area contributed by atoms with Gasteiger partial charge in [-0.05, 0) is 13.8 Å². The molecule has 0 aliphatic heterocycles. The fourth-order valence-electron chi connectivity index (χ4n) is 0.741. The summed E-state index contributed by atoms with van der Waals surface area (Å²) >= 11 is 0. The second-order valence-electron chi connectivity index (χ2n) is 3.74. The molecule has 0 aromatic heterocycles. The maximum atomic E-state index is 11.2. The van der Waals surface area contributed by atoms with Gasteiger partial charge in [0.15, 0.2) is 0 Å². The molecule has 0 saturated carbocycles. The first-order chi connectivity index (χ1) is 7.85. The second kappa shape index (κ2) is 6.80. The van der Waals surface area contributed by atoms with Gasteiger partial charge in [0.1, 0.15) is 12.4 Å². The summed E-state index contributed by atoms with van der Waals surface area (Å²) in [6.45, 7) is 2.11. The summed E-state index contributed by atoms with van der Waals surface area (Å²) in [6, 6.07) is 0. The Morgan fingerprint density at radius 2 is 1.76 bits per heavy atom. The Kier molecular flexibility index (Phi) is 6.12. The highest BCUT2D eigenvalue weighted by atomic mass is 16.5. The third-order valence-corrected chi connectivity index (χ3v) is 2.29. The number of ether oxygens (including phenoxy) is 2. The van der Waals surface area contributed by atoms with Crippen LogP contribution in [0.3, 0.4) is 0 Å². The second-order valence-corrected chi connectivity index (χ2v) is 3.74. The Balaban J connectivity index is 4.29. The summed E-state index contributed by atoms with van der Waals surface area (Å²) in [5, 5.41) is 9.02. The molecule has 1 atom stereocenters. The number of hydrogen-bond acceptors (Lipinski definition) is 6. The van der Waals surface area contributed by atoms with Crippen molar-refractivity contribution in [1.82, 2.24) is 0 Å². The zero-order valence-electron chi connectivity index (χ0n) is 10.1. The number of Topliss-reactive ketones (excluding diaryl/α,β-unsaturated/α-hetero) is 1. The van der Waals surface area contributed by atoms with Gasteiger partial charge in [-0.1, -0.05) is 0 Å². The van der Waals surface area contributed by atoms with Crippen LogP contribution in [0, 0.1) is 5.41 Å². The van der Waals surface area contributed by atoms with E-state index in [1.165, 1.54) is 21.0 Å². The molecule has 6 heteroatoms. The third-order valence-electron chi connectivity index (χ3n) is 2.29. The molecular weight excluding hydrogens is 228 g/mol. The van der Waals surface area contributed by atoms with Gasteiger partial charge in [0.2, 0.25) is 0 Å². The first-order valence-electron chi connectivity index (χ1n) is 4.90. The summed E-state index contributed by atoms with van der Waals surface area (Å²) < 4.78 is 9.02. The smallest absolute Gasteiger partial charge is 0.331 e. The maximum Gasteiger partial charge on any atom is 0.331 e. The number of rotatable bonds is 6. The number of hydrogen-bond donors (Lipinski definition) is 1. The average Bonchev–Trinajstić information content (AvgIpc) is 2.32. The van der Waals surface area contributed by atoms with Gasteiger partial charge in [-0.15, -0.1) is 0 Å². The summed E-state index contributed by atoms with van der Waals surface area (Å²) in [6.07, 6.45) is 1.80. The summed E-state index contributed by atoms with van der Waals surface area (Å²) in [4.78, 5) is 33.0. The molecular formula is C11H16O6.